The normalized spacial score (nSPS) is 12.7. The molecule has 120 valence electrons. The van der Waals surface area contributed by atoms with Crippen molar-refractivity contribution in [3.63, 3.8) is 0 Å². The van der Waals surface area contributed by atoms with E-state index in [1.807, 2.05) is 25.1 Å². The lowest BCUT2D eigenvalue weighted by atomic mass is 10.2. The lowest BCUT2D eigenvalue weighted by Gasteiger charge is -2.15. The fraction of sp³-hybridized carbons (Fsp3) is 0.625. The van der Waals surface area contributed by atoms with Gasteiger partial charge in [-0.2, -0.15) is 0 Å². The average molecular weight is 359 g/mol. The summed E-state index contributed by atoms with van der Waals surface area (Å²) in [5.74, 6) is 0.769. The van der Waals surface area contributed by atoms with Crippen LogP contribution in [0.5, 0.6) is 5.75 Å². The van der Waals surface area contributed by atoms with Crippen molar-refractivity contribution in [2.24, 2.45) is 0 Å². The van der Waals surface area contributed by atoms with Crippen LogP contribution in [0.25, 0.3) is 0 Å². The highest BCUT2D eigenvalue weighted by molar-refractivity contribution is 9.10. The molecule has 21 heavy (non-hydrogen) atoms. The molecule has 1 aromatic carbocycles. The Labute approximate surface area is 136 Å². The van der Waals surface area contributed by atoms with Gasteiger partial charge in [-0.05, 0) is 80.6 Å². The third-order valence-electron chi connectivity index (χ3n) is 3.11. The number of hydrogen-bond donors (Lipinski definition) is 2. The summed E-state index contributed by atoms with van der Waals surface area (Å²) in [6, 6.07) is 5.92. The van der Waals surface area contributed by atoms with E-state index in [1.54, 1.807) is 0 Å². The molecule has 0 aliphatic rings. The monoisotopic (exact) mass is 358 g/mol. The van der Waals surface area contributed by atoms with Crippen LogP contribution in [0.4, 0.5) is 0 Å². The number of aliphatic hydroxyl groups is 1. The molecule has 0 saturated heterocycles. The highest BCUT2D eigenvalue weighted by atomic mass is 79.9. The first-order chi connectivity index (χ1) is 9.99. The van der Waals surface area contributed by atoms with Gasteiger partial charge in [-0.15, -0.1) is 0 Å². The van der Waals surface area contributed by atoms with Gasteiger partial charge >= 0.3 is 0 Å². The number of aryl methyl sites for hydroxylation is 1. The zero-order chi connectivity index (χ0) is 15.7. The third-order valence-corrected chi connectivity index (χ3v) is 3.73. The molecule has 5 heteroatoms. The highest BCUT2D eigenvalue weighted by Gasteiger charge is 2.07. The smallest absolute Gasteiger partial charge is 0.133 e. The van der Waals surface area contributed by atoms with Gasteiger partial charge in [0, 0.05) is 6.54 Å². The largest absolute Gasteiger partial charge is 0.490 e. The van der Waals surface area contributed by atoms with Gasteiger partial charge in [0.1, 0.15) is 18.5 Å². The Morgan fingerprint density at radius 1 is 1.33 bits per heavy atom. The van der Waals surface area contributed by atoms with Gasteiger partial charge in [-0.25, -0.2) is 0 Å². The molecule has 0 saturated carbocycles. The van der Waals surface area contributed by atoms with Gasteiger partial charge < -0.3 is 20.1 Å². The summed E-state index contributed by atoms with van der Waals surface area (Å²) in [6.07, 6.45) is 1.80. The Balaban J connectivity index is 2.12. The van der Waals surface area contributed by atoms with Crippen LogP contribution in [0.15, 0.2) is 22.7 Å². The minimum Gasteiger partial charge on any atom is -0.490 e. The van der Waals surface area contributed by atoms with Crippen LogP contribution >= 0.6 is 15.9 Å². The SMILES string of the molecule is Cc1ccc(OCC(O)CNCCCCN(C)C)c(Br)c1. The molecule has 4 nitrogen and oxygen atoms in total. The Morgan fingerprint density at radius 3 is 2.76 bits per heavy atom. The van der Waals surface area contributed by atoms with Gasteiger partial charge in [-0.3, -0.25) is 0 Å². The fourth-order valence-electron chi connectivity index (χ4n) is 1.91. The van der Waals surface area contributed by atoms with Crippen molar-refractivity contribution in [1.82, 2.24) is 10.2 Å². The van der Waals surface area contributed by atoms with E-state index in [0.717, 1.165) is 29.7 Å². The maximum atomic E-state index is 9.89. The number of unbranched alkanes of at least 4 members (excludes halogenated alkanes) is 1. The number of rotatable bonds is 10. The molecule has 1 rings (SSSR count). The second-order valence-electron chi connectivity index (χ2n) is 5.61. The molecule has 0 radical (unpaired) electrons. The number of hydrogen-bond acceptors (Lipinski definition) is 4. The van der Waals surface area contributed by atoms with Crippen molar-refractivity contribution in [2.75, 3.05) is 40.3 Å². The van der Waals surface area contributed by atoms with Crippen LogP contribution in [0.2, 0.25) is 0 Å². The minimum absolute atomic E-state index is 0.298. The Morgan fingerprint density at radius 2 is 2.10 bits per heavy atom. The second-order valence-corrected chi connectivity index (χ2v) is 6.47. The first-order valence-electron chi connectivity index (χ1n) is 7.41. The molecule has 0 aliphatic heterocycles. The number of benzene rings is 1. The summed E-state index contributed by atoms with van der Waals surface area (Å²) in [4.78, 5) is 2.18. The molecular formula is C16H27BrN2O2. The summed E-state index contributed by atoms with van der Waals surface area (Å²) in [5, 5.41) is 13.1. The predicted molar refractivity (Wildman–Crippen MR) is 91.0 cm³/mol. The van der Waals surface area contributed by atoms with Crippen LogP contribution in [0.1, 0.15) is 18.4 Å². The van der Waals surface area contributed by atoms with Gasteiger partial charge in [0.05, 0.1) is 4.47 Å². The van der Waals surface area contributed by atoms with E-state index in [1.165, 1.54) is 12.0 Å². The topological polar surface area (TPSA) is 44.7 Å². The first kappa shape index (κ1) is 18.4. The van der Waals surface area contributed by atoms with E-state index in [0.29, 0.717) is 13.2 Å². The molecule has 0 aliphatic carbocycles. The van der Waals surface area contributed by atoms with E-state index < -0.39 is 6.10 Å². The molecule has 0 heterocycles. The van der Waals surface area contributed by atoms with Crippen LogP contribution in [0, 0.1) is 6.92 Å². The quantitative estimate of drug-likeness (QED) is 0.630. The molecule has 0 fully saturated rings. The highest BCUT2D eigenvalue weighted by Crippen LogP contribution is 2.25. The standard InChI is InChI=1S/C16H27BrN2O2/c1-13-6-7-16(15(17)10-13)21-12-14(20)11-18-8-4-5-9-19(2)3/h6-7,10,14,18,20H,4-5,8-9,11-12H2,1-3H3. The molecule has 1 aromatic rings. The number of nitrogens with one attached hydrogen (secondary N) is 1. The number of halogens is 1. The van der Waals surface area contributed by atoms with Crippen LogP contribution < -0.4 is 10.1 Å². The average Bonchev–Trinajstić information content (AvgIpc) is 2.41. The molecule has 1 atom stereocenters. The van der Waals surface area contributed by atoms with Crippen LogP contribution in [-0.4, -0.2) is 56.4 Å². The third kappa shape index (κ3) is 8.41. The Bertz CT molecular complexity index is 413. The van der Waals surface area contributed by atoms with E-state index in [2.05, 4.69) is 40.2 Å². The zero-order valence-corrected chi connectivity index (χ0v) is 14.8. The maximum Gasteiger partial charge on any atom is 0.133 e. The van der Waals surface area contributed by atoms with Crippen molar-refractivity contribution >= 4 is 15.9 Å². The molecule has 0 bridgehead atoms. The Kier molecular flexibility index (Phi) is 8.92. The fourth-order valence-corrected chi connectivity index (χ4v) is 2.52. The van der Waals surface area contributed by atoms with Gasteiger partial charge in [-0.1, -0.05) is 6.07 Å². The molecule has 0 aromatic heterocycles. The summed E-state index contributed by atoms with van der Waals surface area (Å²) in [6.45, 7) is 4.93. The van der Waals surface area contributed by atoms with Gasteiger partial charge in [0.15, 0.2) is 0 Å². The maximum absolute atomic E-state index is 9.89. The summed E-state index contributed by atoms with van der Waals surface area (Å²) in [7, 11) is 4.16. The molecule has 2 N–H and O–H groups in total. The predicted octanol–water partition coefficient (Wildman–Crippen LogP) is 2.43. The molecular weight excluding hydrogens is 332 g/mol. The Hall–Kier alpha value is -0.620. The summed E-state index contributed by atoms with van der Waals surface area (Å²) in [5.41, 5.74) is 1.18. The van der Waals surface area contributed by atoms with E-state index in [4.69, 9.17) is 4.74 Å². The van der Waals surface area contributed by atoms with Crippen molar-refractivity contribution in [1.29, 1.82) is 0 Å². The zero-order valence-electron chi connectivity index (χ0n) is 13.2. The summed E-state index contributed by atoms with van der Waals surface area (Å²) >= 11 is 3.46. The van der Waals surface area contributed by atoms with Crippen LogP contribution in [0.3, 0.4) is 0 Å². The first-order valence-corrected chi connectivity index (χ1v) is 8.21. The number of nitrogens with zero attached hydrogens (tertiary/aromatic N) is 1. The molecule has 0 amide bonds. The second kappa shape index (κ2) is 10.2. The minimum atomic E-state index is -0.493. The molecule has 1 unspecified atom stereocenters. The number of aliphatic hydroxyl groups excluding tert-OH is 1. The summed E-state index contributed by atoms with van der Waals surface area (Å²) < 4.78 is 6.54. The lowest BCUT2D eigenvalue weighted by Crippen LogP contribution is -2.32. The lowest BCUT2D eigenvalue weighted by molar-refractivity contribution is 0.106. The van der Waals surface area contributed by atoms with Gasteiger partial charge in [0.2, 0.25) is 0 Å². The van der Waals surface area contributed by atoms with E-state index in [-0.39, 0.29) is 0 Å². The van der Waals surface area contributed by atoms with Crippen molar-refractivity contribution in [3.05, 3.63) is 28.2 Å². The van der Waals surface area contributed by atoms with Crippen molar-refractivity contribution in [3.8, 4) is 5.75 Å². The van der Waals surface area contributed by atoms with Crippen LogP contribution in [-0.2, 0) is 0 Å². The van der Waals surface area contributed by atoms with E-state index >= 15 is 0 Å². The van der Waals surface area contributed by atoms with Crippen molar-refractivity contribution < 1.29 is 9.84 Å². The van der Waals surface area contributed by atoms with Gasteiger partial charge in [0.25, 0.3) is 0 Å². The van der Waals surface area contributed by atoms with Crippen molar-refractivity contribution in [2.45, 2.75) is 25.9 Å². The number of ether oxygens (including phenoxy) is 1. The molecule has 0 spiro atoms. The van der Waals surface area contributed by atoms with E-state index in [9.17, 15) is 5.11 Å².